The topological polar surface area (TPSA) is 77.5 Å². The number of carbonyl (C=O) groups is 2. The zero-order valence-electron chi connectivity index (χ0n) is 12.8. The molecule has 0 aliphatic heterocycles. The maximum Gasteiger partial charge on any atom is 0.311 e. The van der Waals surface area contributed by atoms with Gasteiger partial charge in [0, 0.05) is 11.8 Å². The Hall–Kier alpha value is -2.41. The fourth-order valence-electron chi connectivity index (χ4n) is 1.79. The SMILES string of the molecule is COC(=O)Cc1csc(NC(=O)CCCOc2ccccc2)n1. The van der Waals surface area contributed by atoms with Crippen LogP contribution >= 0.6 is 11.3 Å². The largest absolute Gasteiger partial charge is 0.494 e. The van der Waals surface area contributed by atoms with E-state index in [0.717, 1.165) is 5.75 Å². The first-order chi connectivity index (χ1) is 11.2. The smallest absolute Gasteiger partial charge is 0.311 e. The Balaban J connectivity index is 1.67. The lowest BCUT2D eigenvalue weighted by Gasteiger charge is -2.05. The summed E-state index contributed by atoms with van der Waals surface area (Å²) in [5.74, 6) is 0.312. The summed E-state index contributed by atoms with van der Waals surface area (Å²) < 4.78 is 10.1. The summed E-state index contributed by atoms with van der Waals surface area (Å²) in [6, 6.07) is 9.46. The molecule has 23 heavy (non-hydrogen) atoms. The molecule has 7 heteroatoms. The third-order valence-corrected chi connectivity index (χ3v) is 3.72. The van der Waals surface area contributed by atoms with Crippen LogP contribution in [0, 0.1) is 0 Å². The van der Waals surface area contributed by atoms with E-state index in [1.807, 2.05) is 30.3 Å². The summed E-state index contributed by atoms with van der Waals surface area (Å²) in [5, 5.41) is 4.92. The molecule has 1 aromatic heterocycles. The second-order valence-electron chi connectivity index (χ2n) is 4.71. The molecule has 1 aromatic carbocycles. The first-order valence-corrected chi connectivity index (χ1v) is 8.04. The molecule has 1 heterocycles. The number of para-hydroxylation sites is 1. The number of aromatic nitrogens is 1. The van der Waals surface area contributed by atoms with Crippen LogP contribution in [0.1, 0.15) is 18.5 Å². The van der Waals surface area contributed by atoms with Crippen molar-refractivity contribution in [2.75, 3.05) is 19.0 Å². The number of amides is 1. The number of methoxy groups -OCH3 is 1. The zero-order valence-corrected chi connectivity index (χ0v) is 13.6. The molecule has 0 atom stereocenters. The molecule has 0 unspecified atom stereocenters. The maximum absolute atomic E-state index is 11.8. The summed E-state index contributed by atoms with van der Waals surface area (Å²) in [7, 11) is 1.33. The molecule has 1 N–H and O–H groups in total. The number of rotatable bonds is 8. The Morgan fingerprint density at radius 2 is 2.04 bits per heavy atom. The van der Waals surface area contributed by atoms with Gasteiger partial charge in [-0.05, 0) is 18.6 Å². The van der Waals surface area contributed by atoms with Crippen molar-refractivity contribution in [1.82, 2.24) is 4.98 Å². The van der Waals surface area contributed by atoms with E-state index in [-0.39, 0.29) is 18.3 Å². The minimum Gasteiger partial charge on any atom is -0.494 e. The van der Waals surface area contributed by atoms with Crippen LogP contribution in [0.5, 0.6) is 5.75 Å². The quantitative estimate of drug-likeness (QED) is 0.593. The van der Waals surface area contributed by atoms with E-state index < -0.39 is 0 Å². The van der Waals surface area contributed by atoms with Crippen LogP contribution in [0.15, 0.2) is 35.7 Å². The van der Waals surface area contributed by atoms with E-state index >= 15 is 0 Å². The average molecular weight is 334 g/mol. The van der Waals surface area contributed by atoms with Gasteiger partial charge in [0.05, 0.1) is 25.8 Å². The lowest BCUT2D eigenvalue weighted by molar-refractivity contribution is -0.139. The Morgan fingerprint density at radius 3 is 2.78 bits per heavy atom. The number of carbonyl (C=O) groups excluding carboxylic acids is 2. The predicted molar refractivity (Wildman–Crippen MR) is 87.6 cm³/mol. The van der Waals surface area contributed by atoms with Gasteiger partial charge in [0.1, 0.15) is 5.75 Å². The van der Waals surface area contributed by atoms with Crippen LogP contribution in [0.4, 0.5) is 5.13 Å². The molecule has 0 fully saturated rings. The predicted octanol–water partition coefficient (Wildman–Crippen LogP) is 2.66. The van der Waals surface area contributed by atoms with Crippen molar-refractivity contribution in [2.45, 2.75) is 19.3 Å². The molecule has 0 bridgehead atoms. The molecule has 6 nitrogen and oxygen atoms in total. The number of nitrogens with zero attached hydrogens (tertiary/aromatic N) is 1. The Bertz CT molecular complexity index is 643. The van der Waals surface area contributed by atoms with Crippen LogP contribution in [0.25, 0.3) is 0 Å². The number of benzene rings is 1. The number of nitrogens with one attached hydrogen (secondary N) is 1. The van der Waals surface area contributed by atoms with Crippen molar-refractivity contribution < 1.29 is 19.1 Å². The highest BCUT2D eigenvalue weighted by Crippen LogP contribution is 2.16. The molecule has 0 aliphatic carbocycles. The van der Waals surface area contributed by atoms with Gasteiger partial charge >= 0.3 is 5.97 Å². The van der Waals surface area contributed by atoms with Crippen LogP contribution in [-0.4, -0.2) is 30.6 Å². The number of thiazole rings is 1. The van der Waals surface area contributed by atoms with Crippen molar-refractivity contribution in [2.24, 2.45) is 0 Å². The number of hydrogen-bond donors (Lipinski definition) is 1. The lowest BCUT2D eigenvalue weighted by atomic mass is 10.3. The van der Waals surface area contributed by atoms with Crippen LogP contribution in [-0.2, 0) is 20.7 Å². The normalized spacial score (nSPS) is 10.1. The van der Waals surface area contributed by atoms with Crippen LogP contribution in [0.2, 0.25) is 0 Å². The van der Waals surface area contributed by atoms with E-state index in [1.165, 1.54) is 18.4 Å². The van der Waals surface area contributed by atoms with Gasteiger partial charge in [0.25, 0.3) is 0 Å². The Kier molecular flexibility index (Phi) is 6.56. The van der Waals surface area contributed by atoms with Gasteiger partial charge in [-0.2, -0.15) is 0 Å². The van der Waals surface area contributed by atoms with Crippen LogP contribution in [0.3, 0.4) is 0 Å². The summed E-state index contributed by atoms with van der Waals surface area (Å²) in [6.07, 6.45) is 1.06. The second kappa shape index (κ2) is 8.89. The van der Waals surface area contributed by atoms with E-state index in [1.54, 1.807) is 5.38 Å². The number of hydrogen-bond acceptors (Lipinski definition) is 6. The summed E-state index contributed by atoms with van der Waals surface area (Å²) in [6.45, 7) is 0.475. The fraction of sp³-hybridized carbons (Fsp3) is 0.312. The van der Waals surface area contributed by atoms with Crippen molar-refractivity contribution >= 4 is 28.3 Å². The first-order valence-electron chi connectivity index (χ1n) is 7.16. The zero-order chi connectivity index (χ0) is 16.5. The van der Waals surface area contributed by atoms with Gasteiger partial charge in [-0.25, -0.2) is 4.98 Å². The molecule has 0 aliphatic rings. The van der Waals surface area contributed by atoms with Gasteiger partial charge in [0.15, 0.2) is 5.13 Å². The highest BCUT2D eigenvalue weighted by Gasteiger charge is 2.09. The average Bonchev–Trinajstić information content (AvgIpc) is 2.99. The number of anilines is 1. The second-order valence-corrected chi connectivity index (χ2v) is 5.57. The molecule has 0 spiro atoms. The first kappa shape index (κ1) is 17.0. The third kappa shape index (κ3) is 6.07. The van der Waals surface area contributed by atoms with E-state index in [2.05, 4.69) is 15.0 Å². The minimum atomic E-state index is -0.355. The number of ether oxygens (including phenoxy) is 2. The van der Waals surface area contributed by atoms with Gasteiger partial charge in [0.2, 0.25) is 5.91 Å². The van der Waals surface area contributed by atoms with Crippen LogP contribution < -0.4 is 10.1 Å². The molecule has 2 rings (SSSR count). The van der Waals surface area contributed by atoms with Gasteiger partial charge in [-0.1, -0.05) is 18.2 Å². The van der Waals surface area contributed by atoms with Crippen molar-refractivity contribution in [1.29, 1.82) is 0 Å². The standard InChI is InChI=1S/C16H18N2O4S/c1-21-15(20)10-12-11-23-16(17-12)18-14(19)8-5-9-22-13-6-3-2-4-7-13/h2-4,6-7,11H,5,8-10H2,1H3,(H,17,18,19). The Labute approximate surface area is 138 Å². The van der Waals surface area contributed by atoms with E-state index in [9.17, 15) is 9.59 Å². The highest BCUT2D eigenvalue weighted by atomic mass is 32.1. The monoisotopic (exact) mass is 334 g/mol. The lowest BCUT2D eigenvalue weighted by Crippen LogP contribution is -2.13. The van der Waals surface area contributed by atoms with Gasteiger partial charge < -0.3 is 14.8 Å². The third-order valence-electron chi connectivity index (χ3n) is 2.91. The van der Waals surface area contributed by atoms with E-state index in [4.69, 9.17) is 4.74 Å². The molecule has 2 aromatic rings. The molecular formula is C16H18N2O4S. The molecule has 0 radical (unpaired) electrons. The Morgan fingerprint density at radius 1 is 1.26 bits per heavy atom. The van der Waals surface area contributed by atoms with E-state index in [0.29, 0.717) is 30.3 Å². The van der Waals surface area contributed by atoms with Gasteiger partial charge in [-0.3, -0.25) is 9.59 Å². The van der Waals surface area contributed by atoms with Crippen molar-refractivity contribution in [3.05, 3.63) is 41.4 Å². The fourth-order valence-corrected chi connectivity index (χ4v) is 2.51. The summed E-state index contributed by atoms with van der Waals surface area (Å²) in [5.41, 5.74) is 0.588. The molecule has 0 saturated heterocycles. The number of esters is 1. The molecule has 1 amide bonds. The minimum absolute atomic E-state index is 0.105. The summed E-state index contributed by atoms with van der Waals surface area (Å²) >= 11 is 1.28. The highest BCUT2D eigenvalue weighted by molar-refractivity contribution is 7.13. The molecule has 0 saturated carbocycles. The van der Waals surface area contributed by atoms with Crippen molar-refractivity contribution in [3.8, 4) is 5.75 Å². The van der Waals surface area contributed by atoms with Crippen molar-refractivity contribution in [3.63, 3.8) is 0 Å². The van der Waals surface area contributed by atoms with Gasteiger partial charge in [-0.15, -0.1) is 11.3 Å². The summed E-state index contributed by atoms with van der Waals surface area (Å²) in [4.78, 5) is 27.1. The maximum atomic E-state index is 11.8. The molecule has 122 valence electrons. The molecular weight excluding hydrogens is 316 g/mol.